The van der Waals surface area contributed by atoms with Crippen LogP contribution in [0.25, 0.3) is 0 Å². The van der Waals surface area contributed by atoms with Crippen LogP contribution in [-0.2, 0) is 9.53 Å². The van der Waals surface area contributed by atoms with E-state index in [2.05, 4.69) is 39.6 Å². The predicted octanol–water partition coefficient (Wildman–Crippen LogP) is 2.13. The molecule has 0 aliphatic rings. The smallest absolute Gasteiger partial charge is 0.319 e. The first kappa shape index (κ1) is 14.2. The molecule has 0 aliphatic heterocycles. The van der Waals surface area contributed by atoms with Crippen LogP contribution < -0.4 is 5.32 Å². The number of halogens is 1. The van der Waals surface area contributed by atoms with Gasteiger partial charge in [0.25, 0.3) is 0 Å². The highest BCUT2D eigenvalue weighted by atomic mass is 127. The summed E-state index contributed by atoms with van der Waals surface area (Å²) < 4.78 is 4.56. The van der Waals surface area contributed by atoms with Gasteiger partial charge in [0.1, 0.15) is 3.92 Å². The molecular weight excluding hydrogens is 293 g/mol. The Morgan fingerprint density at radius 2 is 2.14 bits per heavy atom. The molecule has 14 heavy (non-hydrogen) atoms. The summed E-state index contributed by atoms with van der Waals surface area (Å²) in [5.41, 5.74) is 0. The standard InChI is InChI=1S/C10H20INO2/c1-3-4-5-6-7-12-8-9(11)10(13)14-2/h9,12H,3-8H2,1-2H3. The molecule has 4 heteroatoms. The van der Waals surface area contributed by atoms with Gasteiger partial charge in [-0.3, -0.25) is 4.79 Å². The zero-order valence-electron chi connectivity index (χ0n) is 9.01. The third kappa shape index (κ3) is 7.55. The number of carbonyl (C=O) groups is 1. The molecule has 1 N–H and O–H groups in total. The maximum Gasteiger partial charge on any atom is 0.319 e. The van der Waals surface area contributed by atoms with Crippen LogP contribution in [0.2, 0.25) is 0 Å². The number of methoxy groups -OCH3 is 1. The SMILES string of the molecule is CCCCCCNCC(I)C(=O)OC. The fourth-order valence-electron chi connectivity index (χ4n) is 1.12. The molecule has 0 saturated carbocycles. The summed E-state index contributed by atoms with van der Waals surface area (Å²) in [6.45, 7) is 3.90. The summed E-state index contributed by atoms with van der Waals surface area (Å²) in [6, 6.07) is 0. The number of hydrogen-bond donors (Lipinski definition) is 1. The minimum atomic E-state index is -0.147. The quantitative estimate of drug-likeness (QED) is 0.323. The highest BCUT2D eigenvalue weighted by Crippen LogP contribution is 2.01. The van der Waals surface area contributed by atoms with Crippen molar-refractivity contribution in [3.63, 3.8) is 0 Å². The Kier molecular flexibility index (Phi) is 9.82. The van der Waals surface area contributed by atoms with Crippen LogP contribution in [0.4, 0.5) is 0 Å². The van der Waals surface area contributed by atoms with Crippen LogP contribution >= 0.6 is 22.6 Å². The molecule has 0 aliphatic carbocycles. The molecule has 3 nitrogen and oxygen atoms in total. The van der Waals surface area contributed by atoms with Gasteiger partial charge in [-0.05, 0) is 13.0 Å². The van der Waals surface area contributed by atoms with Crippen molar-refractivity contribution in [1.82, 2.24) is 5.32 Å². The molecule has 0 aromatic heterocycles. The number of hydrogen-bond acceptors (Lipinski definition) is 3. The van der Waals surface area contributed by atoms with E-state index in [-0.39, 0.29) is 9.89 Å². The van der Waals surface area contributed by atoms with E-state index < -0.39 is 0 Å². The monoisotopic (exact) mass is 313 g/mol. The van der Waals surface area contributed by atoms with Crippen LogP contribution in [0, 0.1) is 0 Å². The van der Waals surface area contributed by atoms with E-state index in [4.69, 9.17) is 0 Å². The van der Waals surface area contributed by atoms with Crippen molar-refractivity contribution in [3.8, 4) is 0 Å². The second-order valence-corrected chi connectivity index (χ2v) is 4.76. The molecule has 1 atom stereocenters. The van der Waals surface area contributed by atoms with Gasteiger partial charge in [0.05, 0.1) is 7.11 Å². The van der Waals surface area contributed by atoms with E-state index in [0.717, 1.165) is 6.54 Å². The number of unbranched alkanes of at least 4 members (excludes halogenated alkanes) is 3. The molecule has 0 saturated heterocycles. The Balaban J connectivity index is 3.23. The lowest BCUT2D eigenvalue weighted by Crippen LogP contribution is -2.30. The van der Waals surface area contributed by atoms with E-state index in [0.29, 0.717) is 6.54 Å². The van der Waals surface area contributed by atoms with Crippen molar-refractivity contribution in [2.45, 2.75) is 36.5 Å². The van der Waals surface area contributed by atoms with Gasteiger partial charge in [-0.1, -0.05) is 48.8 Å². The number of esters is 1. The van der Waals surface area contributed by atoms with Crippen molar-refractivity contribution < 1.29 is 9.53 Å². The van der Waals surface area contributed by atoms with E-state index in [1.807, 2.05) is 0 Å². The van der Waals surface area contributed by atoms with Crippen LogP contribution in [0.1, 0.15) is 32.6 Å². The highest BCUT2D eigenvalue weighted by molar-refractivity contribution is 14.1. The second kappa shape index (κ2) is 9.71. The van der Waals surface area contributed by atoms with Gasteiger partial charge in [0, 0.05) is 6.54 Å². The number of rotatable bonds is 8. The summed E-state index contributed by atoms with van der Waals surface area (Å²) >= 11 is 2.10. The average molecular weight is 313 g/mol. The maximum atomic E-state index is 11.0. The van der Waals surface area contributed by atoms with Crippen LogP contribution in [-0.4, -0.2) is 30.1 Å². The van der Waals surface area contributed by atoms with Gasteiger partial charge in [0.15, 0.2) is 0 Å². The summed E-state index contributed by atoms with van der Waals surface area (Å²) in [7, 11) is 1.43. The largest absolute Gasteiger partial charge is 0.468 e. The third-order valence-electron chi connectivity index (χ3n) is 1.99. The molecule has 1 unspecified atom stereocenters. The number of ether oxygens (including phenoxy) is 1. The van der Waals surface area contributed by atoms with E-state index in [1.165, 1.54) is 32.8 Å². The molecular formula is C10H20INO2. The van der Waals surface area contributed by atoms with Crippen LogP contribution in [0.3, 0.4) is 0 Å². The second-order valence-electron chi connectivity index (χ2n) is 3.26. The van der Waals surface area contributed by atoms with Gasteiger partial charge in [0.2, 0.25) is 0 Å². The molecule has 0 spiro atoms. The van der Waals surface area contributed by atoms with Gasteiger partial charge in [-0.25, -0.2) is 0 Å². The fourth-order valence-corrected chi connectivity index (χ4v) is 1.68. The predicted molar refractivity (Wildman–Crippen MR) is 66.8 cm³/mol. The molecule has 0 aromatic rings. The van der Waals surface area contributed by atoms with Crippen LogP contribution in [0.5, 0.6) is 0 Å². The van der Waals surface area contributed by atoms with E-state index in [1.54, 1.807) is 0 Å². The Morgan fingerprint density at radius 1 is 1.43 bits per heavy atom. The van der Waals surface area contributed by atoms with E-state index >= 15 is 0 Å². The number of nitrogens with one attached hydrogen (secondary N) is 1. The first-order chi connectivity index (χ1) is 6.72. The Morgan fingerprint density at radius 3 is 2.71 bits per heavy atom. The Labute approximate surface area is 100 Å². The first-order valence-corrected chi connectivity index (χ1v) is 6.39. The molecule has 0 aromatic carbocycles. The van der Waals surface area contributed by atoms with Crippen molar-refractivity contribution in [2.24, 2.45) is 0 Å². The Bertz CT molecular complexity index is 153. The molecule has 84 valence electrons. The molecule has 0 radical (unpaired) electrons. The first-order valence-electron chi connectivity index (χ1n) is 5.15. The fraction of sp³-hybridized carbons (Fsp3) is 0.900. The van der Waals surface area contributed by atoms with Gasteiger partial charge in [-0.2, -0.15) is 0 Å². The van der Waals surface area contributed by atoms with Gasteiger partial charge < -0.3 is 10.1 Å². The number of carbonyl (C=O) groups excluding carboxylic acids is 1. The molecule has 0 rings (SSSR count). The lowest BCUT2D eigenvalue weighted by Gasteiger charge is -2.08. The van der Waals surface area contributed by atoms with Crippen molar-refractivity contribution in [2.75, 3.05) is 20.2 Å². The maximum absolute atomic E-state index is 11.0. The normalized spacial score (nSPS) is 12.5. The lowest BCUT2D eigenvalue weighted by molar-refractivity contribution is -0.139. The molecule has 0 fully saturated rings. The van der Waals surface area contributed by atoms with Crippen molar-refractivity contribution in [3.05, 3.63) is 0 Å². The zero-order valence-corrected chi connectivity index (χ0v) is 11.2. The molecule has 0 heterocycles. The molecule has 0 bridgehead atoms. The van der Waals surface area contributed by atoms with Crippen molar-refractivity contribution in [1.29, 1.82) is 0 Å². The third-order valence-corrected chi connectivity index (χ3v) is 2.94. The lowest BCUT2D eigenvalue weighted by atomic mass is 10.2. The topological polar surface area (TPSA) is 38.3 Å². The highest BCUT2D eigenvalue weighted by Gasteiger charge is 2.13. The molecule has 0 amide bonds. The average Bonchev–Trinajstić information content (AvgIpc) is 2.21. The zero-order chi connectivity index (χ0) is 10.8. The van der Waals surface area contributed by atoms with Crippen molar-refractivity contribution >= 4 is 28.6 Å². The van der Waals surface area contributed by atoms with E-state index in [9.17, 15) is 4.79 Å². The minimum absolute atomic E-state index is 0.0659. The summed E-state index contributed by atoms with van der Waals surface area (Å²) in [4.78, 5) is 11.0. The minimum Gasteiger partial charge on any atom is -0.468 e. The Hall–Kier alpha value is 0.160. The summed E-state index contributed by atoms with van der Waals surface area (Å²) in [5.74, 6) is -0.147. The van der Waals surface area contributed by atoms with Crippen LogP contribution in [0.15, 0.2) is 0 Å². The van der Waals surface area contributed by atoms with Gasteiger partial charge >= 0.3 is 5.97 Å². The summed E-state index contributed by atoms with van der Waals surface area (Å²) in [6.07, 6.45) is 5.02. The summed E-state index contributed by atoms with van der Waals surface area (Å²) in [5, 5.41) is 3.25. The number of alkyl halides is 1. The van der Waals surface area contributed by atoms with Gasteiger partial charge in [-0.15, -0.1) is 0 Å².